The number of anilines is 1. The summed E-state index contributed by atoms with van der Waals surface area (Å²) in [4.78, 5) is 36.0. The topological polar surface area (TPSA) is 84.9 Å². The number of cyclic esters (lactones) is 1. The zero-order valence-corrected chi connectivity index (χ0v) is 14.9. The number of carbonyl (C=O) groups excluding carboxylic acids is 2. The van der Waals surface area contributed by atoms with Gasteiger partial charge >= 0.3 is 12.2 Å². The Morgan fingerprint density at radius 2 is 2.12 bits per heavy atom. The third kappa shape index (κ3) is 4.18. The van der Waals surface area contributed by atoms with Gasteiger partial charge in [0.25, 0.3) is 0 Å². The maximum Gasteiger partial charge on any atom is 0.415 e. The van der Waals surface area contributed by atoms with Crippen molar-refractivity contribution >= 4 is 18.0 Å². The monoisotopic (exact) mass is 348 g/mol. The van der Waals surface area contributed by atoms with E-state index < -0.39 is 11.7 Å². The number of hydrogen-bond donors (Lipinski definition) is 0. The minimum absolute atomic E-state index is 0.0762. The smallest absolute Gasteiger partial charge is 0.415 e. The summed E-state index contributed by atoms with van der Waals surface area (Å²) in [5.41, 5.74) is 0.269. The van der Waals surface area contributed by atoms with Gasteiger partial charge in [0, 0.05) is 25.2 Å². The highest BCUT2D eigenvalue weighted by molar-refractivity contribution is 5.87. The maximum absolute atomic E-state index is 12.3. The first-order chi connectivity index (χ1) is 11.8. The molecule has 0 aliphatic carbocycles. The van der Waals surface area contributed by atoms with E-state index in [-0.39, 0.29) is 12.0 Å². The lowest BCUT2D eigenvalue weighted by molar-refractivity contribution is 0.0197. The molecule has 0 N–H and O–H groups in total. The highest BCUT2D eigenvalue weighted by Crippen LogP contribution is 2.28. The Labute approximate surface area is 147 Å². The van der Waals surface area contributed by atoms with Gasteiger partial charge in [-0.2, -0.15) is 0 Å². The summed E-state index contributed by atoms with van der Waals surface area (Å²) in [7, 11) is 0. The van der Waals surface area contributed by atoms with Crippen molar-refractivity contribution in [2.24, 2.45) is 0 Å². The van der Waals surface area contributed by atoms with E-state index in [1.165, 1.54) is 4.90 Å². The van der Waals surface area contributed by atoms with Gasteiger partial charge in [0.1, 0.15) is 12.2 Å². The molecule has 2 aliphatic heterocycles. The van der Waals surface area contributed by atoms with Crippen LogP contribution < -0.4 is 4.90 Å². The number of likely N-dealkylation sites (tertiary alicyclic amines) is 1. The van der Waals surface area contributed by atoms with E-state index in [0.29, 0.717) is 32.1 Å². The molecular formula is C17H24N4O4. The second kappa shape index (κ2) is 6.85. The number of ether oxygens (including phenoxy) is 2. The van der Waals surface area contributed by atoms with Gasteiger partial charge in [-0.05, 0) is 33.6 Å². The number of amides is 2. The molecule has 0 spiro atoms. The number of rotatable bonds is 2. The molecule has 0 radical (unpaired) electrons. The second-order valence-corrected chi connectivity index (χ2v) is 7.33. The average Bonchev–Trinajstić information content (AvgIpc) is 3.00. The Balaban J connectivity index is 1.71. The summed E-state index contributed by atoms with van der Waals surface area (Å²) >= 11 is 0. The van der Waals surface area contributed by atoms with E-state index in [2.05, 4.69) is 9.97 Å². The number of hydrogen-bond acceptors (Lipinski definition) is 6. The van der Waals surface area contributed by atoms with E-state index in [9.17, 15) is 9.59 Å². The fourth-order valence-corrected chi connectivity index (χ4v) is 3.01. The van der Waals surface area contributed by atoms with Crippen LogP contribution in [-0.2, 0) is 9.47 Å². The fraction of sp³-hybridized carbons (Fsp3) is 0.647. The van der Waals surface area contributed by atoms with Gasteiger partial charge < -0.3 is 14.4 Å². The first kappa shape index (κ1) is 17.4. The standard InChI is InChI=1S/C17H24N4O4/c1-17(2,3)25-15(22)20-6-4-5-12(11-20)13-9-18-10-14(19-13)21-7-8-24-16(21)23/h9-10,12H,4-8,11H2,1-3H3/t12-/m0/s1. The molecule has 1 aromatic heterocycles. The molecular weight excluding hydrogens is 324 g/mol. The zero-order chi connectivity index (χ0) is 18.0. The van der Waals surface area contributed by atoms with Crippen molar-refractivity contribution in [3.8, 4) is 0 Å². The second-order valence-electron chi connectivity index (χ2n) is 7.33. The molecule has 2 aliphatic rings. The van der Waals surface area contributed by atoms with Gasteiger partial charge in [-0.3, -0.25) is 9.88 Å². The quantitative estimate of drug-likeness (QED) is 0.816. The van der Waals surface area contributed by atoms with Crippen LogP contribution in [0.1, 0.15) is 45.2 Å². The van der Waals surface area contributed by atoms with Gasteiger partial charge in [0.2, 0.25) is 0 Å². The number of piperidine rings is 1. The Morgan fingerprint density at radius 3 is 2.80 bits per heavy atom. The third-order valence-corrected chi connectivity index (χ3v) is 4.17. The van der Waals surface area contributed by atoms with Crippen molar-refractivity contribution in [3.63, 3.8) is 0 Å². The molecule has 0 saturated carbocycles. The number of aromatic nitrogens is 2. The van der Waals surface area contributed by atoms with Crippen LogP contribution in [0.4, 0.5) is 15.4 Å². The van der Waals surface area contributed by atoms with Crippen LogP contribution in [0.5, 0.6) is 0 Å². The van der Waals surface area contributed by atoms with Crippen LogP contribution in [0.15, 0.2) is 12.4 Å². The van der Waals surface area contributed by atoms with Gasteiger partial charge in [0.15, 0.2) is 5.82 Å². The Kier molecular flexibility index (Phi) is 4.78. The highest BCUT2D eigenvalue weighted by Gasteiger charge is 2.30. The Hall–Kier alpha value is -2.38. The van der Waals surface area contributed by atoms with E-state index in [1.54, 1.807) is 17.3 Å². The summed E-state index contributed by atoms with van der Waals surface area (Å²) in [6, 6.07) is 0. The van der Waals surface area contributed by atoms with Crippen LogP contribution >= 0.6 is 0 Å². The molecule has 1 atom stereocenters. The first-order valence-corrected chi connectivity index (χ1v) is 8.57. The Bertz CT molecular complexity index is 658. The summed E-state index contributed by atoms with van der Waals surface area (Å²) in [5, 5.41) is 0. The Morgan fingerprint density at radius 1 is 1.32 bits per heavy atom. The van der Waals surface area contributed by atoms with E-state index in [1.807, 2.05) is 20.8 Å². The van der Waals surface area contributed by atoms with Crippen LogP contribution in [-0.4, -0.2) is 58.9 Å². The summed E-state index contributed by atoms with van der Waals surface area (Å²) in [5.74, 6) is 0.571. The predicted molar refractivity (Wildman–Crippen MR) is 90.5 cm³/mol. The molecule has 2 fully saturated rings. The molecule has 0 aromatic carbocycles. The van der Waals surface area contributed by atoms with Crippen molar-refractivity contribution in [1.29, 1.82) is 0 Å². The zero-order valence-electron chi connectivity index (χ0n) is 14.9. The van der Waals surface area contributed by atoms with Crippen molar-refractivity contribution in [1.82, 2.24) is 14.9 Å². The van der Waals surface area contributed by atoms with E-state index in [4.69, 9.17) is 9.47 Å². The minimum Gasteiger partial charge on any atom is -0.447 e. The molecule has 136 valence electrons. The van der Waals surface area contributed by atoms with Gasteiger partial charge in [-0.1, -0.05) is 0 Å². The SMILES string of the molecule is CC(C)(C)OC(=O)N1CCC[C@H](c2cncc(N3CCOC3=O)n2)C1. The molecule has 0 unspecified atom stereocenters. The fourth-order valence-electron chi connectivity index (χ4n) is 3.01. The summed E-state index contributed by atoms with van der Waals surface area (Å²) in [6.45, 7) is 7.63. The van der Waals surface area contributed by atoms with Crippen molar-refractivity contribution < 1.29 is 19.1 Å². The lowest BCUT2D eigenvalue weighted by Gasteiger charge is -2.34. The number of carbonyl (C=O) groups is 2. The van der Waals surface area contributed by atoms with Crippen LogP contribution in [0.2, 0.25) is 0 Å². The first-order valence-electron chi connectivity index (χ1n) is 8.57. The molecule has 0 bridgehead atoms. The normalized spacial score (nSPS) is 21.2. The van der Waals surface area contributed by atoms with Gasteiger partial charge in [-0.25, -0.2) is 14.6 Å². The van der Waals surface area contributed by atoms with Crippen molar-refractivity contribution in [2.75, 3.05) is 31.1 Å². The van der Waals surface area contributed by atoms with Crippen LogP contribution in [0.3, 0.4) is 0 Å². The third-order valence-electron chi connectivity index (χ3n) is 4.17. The minimum atomic E-state index is -0.514. The van der Waals surface area contributed by atoms with Crippen molar-refractivity contribution in [2.45, 2.75) is 45.1 Å². The predicted octanol–water partition coefficient (Wildman–Crippen LogP) is 2.55. The van der Waals surface area contributed by atoms with Crippen LogP contribution in [0.25, 0.3) is 0 Å². The van der Waals surface area contributed by atoms with Gasteiger partial charge in [0.05, 0.1) is 18.4 Å². The molecule has 3 heterocycles. The lowest BCUT2D eigenvalue weighted by Crippen LogP contribution is -2.42. The molecule has 1 aromatic rings. The van der Waals surface area contributed by atoms with Crippen molar-refractivity contribution in [3.05, 3.63) is 18.1 Å². The van der Waals surface area contributed by atoms with Crippen LogP contribution in [0, 0.1) is 0 Å². The highest BCUT2D eigenvalue weighted by atomic mass is 16.6. The maximum atomic E-state index is 12.3. The largest absolute Gasteiger partial charge is 0.447 e. The summed E-state index contributed by atoms with van der Waals surface area (Å²) < 4.78 is 10.4. The molecule has 8 heteroatoms. The molecule has 25 heavy (non-hydrogen) atoms. The molecule has 2 amide bonds. The van der Waals surface area contributed by atoms with E-state index >= 15 is 0 Å². The number of nitrogens with zero attached hydrogens (tertiary/aromatic N) is 4. The molecule has 8 nitrogen and oxygen atoms in total. The molecule has 2 saturated heterocycles. The summed E-state index contributed by atoms with van der Waals surface area (Å²) in [6.07, 6.45) is 4.36. The molecule has 3 rings (SSSR count). The average molecular weight is 348 g/mol. The van der Waals surface area contributed by atoms with E-state index in [0.717, 1.165) is 18.5 Å². The van der Waals surface area contributed by atoms with Gasteiger partial charge in [-0.15, -0.1) is 0 Å². The lowest BCUT2D eigenvalue weighted by atomic mass is 9.95.